The standard InChI is InChI=1S/C21H31N3O3/c1-3-16-7-4-5-11-24(16)12-6-10-22-20(25)14-19-21(26)23-17-13-15(2)8-9-18(17)27-19/h8-9,13,16,19H,3-7,10-12,14H2,1-2H3,(H,22,25)(H,23,26)/t16-,19-/m1/s1. The molecule has 3 rings (SSSR count). The molecule has 0 spiro atoms. The molecule has 1 saturated heterocycles. The van der Waals surface area contributed by atoms with Crippen molar-refractivity contribution in [2.24, 2.45) is 0 Å². The maximum atomic E-state index is 12.2. The van der Waals surface area contributed by atoms with Crippen LogP contribution in [-0.4, -0.2) is 48.5 Å². The first-order valence-corrected chi connectivity index (χ1v) is 10.2. The number of hydrogen-bond donors (Lipinski definition) is 2. The molecule has 1 fully saturated rings. The Kier molecular flexibility index (Phi) is 6.72. The van der Waals surface area contributed by atoms with Gasteiger partial charge in [0.1, 0.15) is 5.75 Å². The summed E-state index contributed by atoms with van der Waals surface area (Å²) in [5.74, 6) is 0.215. The van der Waals surface area contributed by atoms with Gasteiger partial charge in [-0.3, -0.25) is 9.59 Å². The molecule has 6 heteroatoms. The lowest BCUT2D eigenvalue weighted by molar-refractivity contribution is -0.130. The highest BCUT2D eigenvalue weighted by Crippen LogP contribution is 2.31. The molecule has 6 nitrogen and oxygen atoms in total. The third-order valence-electron chi connectivity index (χ3n) is 5.49. The third-order valence-corrected chi connectivity index (χ3v) is 5.49. The number of ether oxygens (including phenoxy) is 1. The van der Waals surface area contributed by atoms with E-state index in [1.165, 1.54) is 32.2 Å². The summed E-state index contributed by atoms with van der Waals surface area (Å²) in [4.78, 5) is 26.9. The molecule has 2 aliphatic rings. The monoisotopic (exact) mass is 373 g/mol. The van der Waals surface area contributed by atoms with E-state index in [0.717, 1.165) is 18.5 Å². The van der Waals surface area contributed by atoms with Gasteiger partial charge in [-0.2, -0.15) is 0 Å². The molecule has 1 aromatic rings. The van der Waals surface area contributed by atoms with Crippen LogP contribution in [0.5, 0.6) is 5.75 Å². The first-order chi connectivity index (χ1) is 13.1. The normalized spacial score (nSPS) is 22.5. The van der Waals surface area contributed by atoms with E-state index < -0.39 is 6.10 Å². The first kappa shape index (κ1) is 19.7. The largest absolute Gasteiger partial charge is 0.478 e. The number of anilines is 1. The van der Waals surface area contributed by atoms with Crippen LogP contribution in [0.4, 0.5) is 5.69 Å². The Hall–Kier alpha value is -2.08. The van der Waals surface area contributed by atoms with Gasteiger partial charge in [-0.25, -0.2) is 0 Å². The van der Waals surface area contributed by atoms with Crippen LogP contribution in [0.3, 0.4) is 0 Å². The number of nitrogens with one attached hydrogen (secondary N) is 2. The highest BCUT2D eigenvalue weighted by atomic mass is 16.5. The number of carbonyl (C=O) groups excluding carboxylic acids is 2. The van der Waals surface area contributed by atoms with E-state index in [1.54, 1.807) is 0 Å². The van der Waals surface area contributed by atoms with Gasteiger partial charge >= 0.3 is 0 Å². The molecule has 27 heavy (non-hydrogen) atoms. The summed E-state index contributed by atoms with van der Waals surface area (Å²) in [7, 11) is 0. The summed E-state index contributed by atoms with van der Waals surface area (Å²) >= 11 is 0. The Bertz CT molecular complexity index is 677. The summed E-state index contributed by atoms with van der Waals surface area (Å²) in [6.45, 7) is 7.03. The zero-order chi connectivity index (χ0) is 19.2. The number of piperidine rings is 1. The van der Waals surface area contributed by atoms with Gasteiger partial charge in [-0.05, 0) is 56.8 Å². The number of hydrogen-bond acceptors (Lipinski definition) is 4. The molecule has 0 aliphatic carbocycles. The minimum atomic E-state index is -0.772. The summed E-state index contributed by atoms with van der Waals surface area (Å²) in [6.07, 6.45) is 5.30. The Labute approximate surface area is 161 Å². The average Bonchev–Trinajstić information content (AvgIpc) is 2.66. The number of benzene rings is 1. The fourth-order valence-electron chi connectivity index (χ4n) is 3.97. The van der Waals surface area contributed by atoms with Crippen LogP contribution in [0.25, 0.3) is 0 Å². The van der Waals surface area contributed by atoms with Gasteiger partial charge in [0.2, 0.25) is 5.91 Å². The lowest BCUT2D eigenvalue weighted by atomic mass is 10.00. The second-order valence-corrected chi connectivity index (χ2v) is 7.60. The highest BCUT2D eigenvalue weighted by molar-refractivity contribution is 6.00. The van der Waals surface area contributed by atoms with Crippen LogP contribution in [0.1, 0.15) is 51.0 Å². The molecule has 2 N–H and O–H groups in total. The van der Waals surface area contributed by atoms with Crippen LogP contribution in [-0.2, 0) is 9.59 Å². The van der Waals surface area contributed by atoms with E-state index >= 15 is 0 Å². The van der Waals surface area contributed by atoms with Crippen molar-refractivity contribution >= 4 is 17.5 Å². The van der Waals surface area contributed by atoms with Gasteiger partial charge in [0.05, 0.1) is 12.1 Å². The van der Waals surface area contributed by atoms with Crippen molar-refractivity contribution in [3.05, 3.63) is 23.8 Å². The number of aryl methyl sites for hydroxylation is 1. The van der Waals surface area contributed by atoms with Crippen molar-refractivity contribution < 1.29 is 14.3 Å². The van der Waals surface area contributed by atoms with Crippen molar-refractivity contribution in [3.63, 3.8) is 0 Å². The van der Waals surface area contributed by atoms with E-state index in [2.05, 4.69) is 22.5 Å². The molecule has 2 amide bonds. The van der Waals surface area contributed by atoms with Crippen molar-refractivity contribution in [1.82, 2.24) is 10.2 Å². The number of amides is 2. The quantitative estimate of drug-likeness (QED) is 0.721. The number of rotatable bonds is 7. The van der Waals surface area contributed by atoms with Gasteiger partial charge in [0, 0.05) is 19.1 Å². The minimum Gasteiger partial charge on any atom is -0.478 e. The van der Waals surface area contributed by atoms with Crippen molar-refractivity contribution in [2.75, 3.05) is 25.0 Å². The average molecular weight is 373 g/mol. The van der Waals surface area contributed by atoms with E-state index in [1.807, 2.05) is 25.1 Å². The van der Waals surface area contributed by atoms with Crippen LogP contribution < -0.4 is 15.4 Å². The van der Waals surface area contributed by atoms with E-state index in [9.17, 15) is 9.59 Å². The molecule has 2 aliphatic heterocycles. The number of carbonyl (C=O) groups is 2. The molecule has 2 atom stereocenters. The van der Waals surface area contributed by atoms with Gasteiger partial charge in [-0.15, -0.1) is 0 Å². The zero-order valence-corrected chi connectivity index (χ0v) is 16.4. The van der Waals surface area contributed by atoms with Crippen molar-refractivity contribution in [1.29, 1.82) is 0 Å². The van der Waals surface area contributed by atoms with Crippen LogP contribution in [0.15, 0.2) is 18.2 Å². The summed E-state index contributed by atoms with van der Waals surface area (Å²) < 4.78 is 5.72. The van der Waals surface area contributed by atoms with Gasteiger partial charge < -0.3 is 20.3 Å². The zero-order valence-electron chi connectivity index (χ0n) is 16.4. The van der Waals surface area contributed by atoms with Gasteiger partial charge in [0.25, 0.3) is 5.91 Å². The molecular weight excluding hydrogens is 342 g/mol. The van der Waals surface area contributed by atoms with Crippen molar-refractivity contribution in [3.8, 4) is 5.75 Å². The highest BCUT2D eigenvalue weighted by Gasteiger charge is 2.29. The lowest BCUT2D eigenvalue weighted by Gasteiger charge is -2.35. The van der Waals surface area contributed by atoms with E-state index in [4.69, 9.17) is 4.74 Å². The molecule has 0 bridgehead atoms. The lowest BCUT2D eigenvalue weighted by Crippen LogP contribution is -2.42. The fraction of sp³-hybridized carbons (Fsp3) is 0.619. The van der Waals surface area contributed by atoms with Crippen LogP contribution in [0.2, 0.25) is 0 Å². The van der Waals surface area contributed by atoms with E-state index in [-0.39, 0.29) is 18.2 Å². The molecule has 0 saturated carbocycles. The molecule has 1 aromatic carbocycles. The molecule has 0 radical (unpaired) electrons. The Morgan fingerprint density at radius 3 is 3.04 bits per heavy atom. The predicted molar refractivity (Wildman–Crippen MR) is 106 cm³/mol. The predicted octanol–water partition coefficient (Wildman–Crippen LogP) is 2.86. The summed E-state index contributed by atoms with van der Waals surface area (Å²) in [5.41, 5.74) is 1.72. The topological polar surface area (TPSA) is 70.7 Å². The molecule has 148 valence electrons. The SMILES string of the molecule is CC[C@@H]1CCCCN1CCCNC(=O)C[C@H]1Oc2ccc(C)cc2NC1=O. The second-order valence-electron chi connectivity index (χ2n) is 7.60. The minimum absolute atomic E-state index is 0.0421. The summed E-state index contributed by atoms with van der Waals surface area (Å²) in [6, 6.07) is 6.32. The van der Waals surface area contributed by atoms with Gasteiger partial charge in [0.15, 0.2) is 6.10 Å². The van der Waals surface area contributed by atoms with E-state index in [0.29, 0.717) is 24.0 Å². The second kappa shape index (κ2) is 9.22. The fourth-order valence-corrected chi connectivity index (χ4v) is 3.97. The number of likely N-dealkylation sites (tertiary alicyclic amines) is 1. The third kappa shape index (κ3) is 5.22. The molecule has 0 unspecified atom stereocenters. The Morgan fingerprint density at radius 2 is 2.22 bits per heavy atom. The molecule has 2 heterocycles. The molecular formula is C21H31N3O3. The molecule has 0 aromatic heterocycles. The maximum Gasteiger partial charge on any atom is 0.266 e. The first-order valence-electron chi connectivity index (χ1n) is 10.2. The van der Waals surface area contributed by atoms with Crippen LogP contribution >= 0.6 is 0 Å². The Balaban J connectivity index is 1.40. The summed E-state index contributed by atoms with van der Waals surface area (Å²) in [5, 5.41) is 5.76. The van der Waals surface area contributed by atoms with Gasteiger partial charge in [-0.1, -0.05) is 19.4 Å². The smallest absolute Gasteiger partial charge is 0.266 e. The number of nitrogens with zero attached hydrogens (tertiary/aromatic N) is 1. The van der Waals surface area contributed by atoms with Crippen LogP contribution in [0, 0.1) is 6.92 Å². The Morgan fingerprint density at radius 1 is 1.37 bits per heavy atom. The van der Waals surface area contributed by atoms with Crippen molar-refractivity contribution in [2.45, 2.75) is 64.5 Å². The maximum absolute atomic E-state index is 12.2. The number of fused-ring (bicyclic) bond motifs is 1.